The number of carbonyl (C=O) groups is 2. The minimum atomic E-state index is -1.34. The molecule has 0 fully saturated rings. The normalized spacial score (nSPS) is 15.6. The van der Waals surface area contributed by atoms with E-state index in [1.54, 1.807) is 13.8 Å². The number of thiazole rings is 1. The number of amides is 1. The van der Waals surface area contributed by atoms with E-state index in [4.69, 9.17) is 11.6 Å². The third-order valence-electron chi connectivity index (χ3n) is 5.64. The number of nitrogens with zero attached hydrogens (tertiary/aromatic N) is 4. The first-order chi connectivity index (χ1) is 17.8. The molecule has 3 heterocycles. The zero-order chi connectivity index (χ0) is 26.3. The number of hydrogen-bond acceptors (Lipinski definition) is 9. The third kappa shape index (κ3) is 4.79. The van der Waals surface area contributed by atoms with Gasteiger partial charge in [-0.1, -0.05) is 71.1 Å². The van der Waals surface area contributed by atoms with Gasteiger partial charge < -0.3 is 5.11 Å². The van der Waals surface area contributed by atoms with Crippen LogP contribution in [0.4, 0.5) is 9.52 Å². The maximum Gasteiger partial charge on any atom is 0.296 e. The van der Waals surface area contributed by atoms with E-state index in [1.165, 1.54) is 30.0 Å². The number of rotatable bonds is 7. The Morgan fingerprint density at radius 1 is 1.14 bits per heavy atom. The molecule has 37 heavy (non-hydrogen) atoms. The van der Waals surface area contributed by atoms with Crippen molar-refractivity contribution in [1.82, 2.24) is 15.2 Å². The third-order valence-corrected chi connectivity index (χ3v) is 9.17. The largest absolute Gasteiger partial charge is 0.503 e. The van der Waals surface area contributed by atoms with Crippen molar-refractivity contribution >= 4 is 62.9 Å². The Labute approximate surface area is 228 Å². The molecule has 1 N–H and O–H groups in total. The van der Waals surface area contributed by atoms with E-state index >= 15 is 4.39 Å². The molecule has 2 aromatic carbocycles. The fourth-order valence-corrected chi connectivity index (χ4v) is 6.99. The van der Waals surface area contributed by atoms with E-state index in [1.807, 2.05) is 30.3 Å². The lowest BCUT2D eigenvalue weighted by Crippen LogP contribution is -2.31. The molecule has 1 atom stereocenters. The summed E-state index contributed by atoms with van der Waals surface area (Å²) in [7, 11) is 0. The van der Waals surface area contributed by atoms with Gasteiger partial charge in [-0.25, -0.2) is 9.37 Å². The van der Waals surface area contributed by atoms with Gasteiger partial charge in [-0.3, -0.25) is 14.5 Å². The lowest BCUT2D eigenvalue weighted by molar-refractivity contribution is -0.117. The lowest BCUT2D eigenvalue weighted by Gasteiger charge is -2.25. The van der Waals surface area contributed by atoms with Crippen LogP contribution < -0.4 is 4.90 Å². The smallest absolute Gasteiger partial charge is 0.296 e. The summed E-state index contributed by atoms with van der Waals surface area (Å²) in [5.74, 6) is -2.39. The summed E-state index contributed by atoms with van der Waals surface area (Å²) in [6.45, 7) is 3.41. The first-order valence-corrected chi connectivity index (χ1v) is 14.0. The summed E-state index contributed by atoms with van der Waals surface area (Å²) in [5.41, 5.74) is 1.14. The summed E-state index contributed by atoms with van der Waals surface area (Å²) in [4.78, 5) is 32.6. The molecule has 188 valence electrons. The van der Waals surface area contributed by atoms with Gasteiger partial charge in [0.15, 0.2) is 10.1 Å². The zero-order valence-electron chi connectivity index (χ0n) is 19.4. The predicted molar refractivity (Wildman–Crippen MR) is 143 cm³/mol. The first kappa shape index (κ1) is 25.5. The van der Waals surface area contributed by atoms with Gasteiger partial charge in [0.25, 0.3) is 5.91 Å². The number of benzene rings is 2. The van der Waals surface area contributed by atoms with Crippen LogP contribution in [-0.2, 0) is 10.5 Å². The molecule has 12 heteroatoms. The van der Waals surface area contributed by atoms with Crippen molar-refractivity contribution in [3.63, 3.8) is 0 Å². The maximum absolute atomic E-state index is 15.2. The van der Waals surface area contributed by atoms with Gasteiger partial charge >= 0.3 is 0 Å². The molecule has 0 bridgehead atoms. The molecule has 1 aliphatic rings. The summed E-state index contributed by atoms with van der Waals surface area (Å²) in [6, 6.07) is 12.5. The quantitative estimate of drug-likeness (QED) is 0.154. The number of aromatic nitrogens is 3. The standard InChI is InChI=1S/C25H18ClFN4O3S3/c1-12-22(36-13(2)28-12)20(32)18-19(17-15(26)9-6-10-16(17)27)31(23(34)21(18)33)24-29-30-25(37-24)35-11-14-7-4-3-5-8-14/h3-10,19,33H,11H2,1-2H3. The van der Waals surface area contributed by atoms with Crippen LogP contribution in [0.15, 0.2) is 64.2 Å². The van der Waals surface area contributed by atoms with E-state index < -0.39 is 29.3 Å². The summed E-state index contributed by atoms with van der Waals surface area (Å²) < 4.78 is 15.8. The second-order valence-corrected chi connectivity index (χ2v) is 11.9. The minimum Gasteiger partial charge on any atom is -0.503 e. The van der Waals surface area contributed by atoms with E-state index in [0.29, 0.717) is 20.8 Å². The summed E-state index contributed by atoms with van der Waals surface area (Å²) in [6.07, 6.45) is 0. The average Bonchev–Trinajstić information content (AvgIpc) is 3.54. The maximum atomic E-state index is 15.2. The van der Waals surface area contributed by atoms with Crippen molar-refractivity contribution in [1.29, 1.82) is 0 Å². The fourth-order valence-electron chi connectivity index (χ4n) is 4.02. The Balaban J connectivity index is 1.57. The van der Waals surface area contributed by atoms with Gasteiger partial charge in [-0.15, -0.1) is 21.5 Å². The second kappa shape index (κ2) is 10.3. The molecule has 1 aliphatic heterocycles. The lowest BCUT2D eigenvalue weighted by atomic mass is 9.94. The highest BCUT2D eigenvalue weighted by Gasteiger charge is 2.48. The van der Waals surface area contributed by atoms with Crippen molar-refractivity contribution in [2.45, 2.75) is 30.0 Å². The van der Waals surface area contributed by atoms with E-state index in [-0.39, 0.29) is 26.2 Å². The Bertz CT molecular complexity index is 1530. The number of anilines is 1. The molecule has 0 saturated heterocycles. The predicted octanol–water partition coefficient (Wildman–Crippen LogP) is 6.48. The molecule has 1 amide bonds. The van der Waals surface area contributed by atoms with Crippen LogP contribution in [0.3, 0.4) is 0 Å². The Kier molecular flexibility index (Phi) is 7.13. The number of Topliss-reactive ketones (excluding diaryl/α,β-unsaturated/α-hetero) is 1. The van der Waals surface area contributed by atoms with Crippen molar-refractivity contribution in [2.75, 3.05) is 4.90 Å². The molecule has 0 saturated carbocycles. The number of aliphatic hydroxyl groups excluding tert-OH is 1. The molecule has 7 nitrogen and oxygen atoms in total. The van der Waals surface area contributed by atoms with Gasteiger partial charge in [-0.2, -0.15) is 0 Å². The number of halogens is 2. The highest BCUT2D eigenvalue weighted by molar-refractivity contribution is 8.00. The van der Waals surface area contributed by atoms with Crippen LogP contribution in [0.2, 0.25) is 5.02 Å². The summed E-state index contributed by atoms with van der Waals surface area (Å²) >= 11 is 10.1. The minimum absolute atomic E-state index is 0.00296. The van der Waals surface area contributed by atoms with Crippen LogP contribution in [0.25, 0.3) is 0 Å². The number of ketones is 1. The SMILES string of the molecule is Cc1nc(C)c(C(=O)C2=C(O)C(=O)N(c3nnc(SCc4ccccc4)s3)C2c2c(F)cccc2Cl)s1. The Morgan fingerprint density at radius 2 is 1.89 bits per heavy atom. The topological polar surface area (TPSA) is 96.3 Å². The fraction of sp³-hybridized carbons (Fsp3) is 0.160. The van der Waals surface area contributed by atoms with Crippen LogP contribution in [-0.4, -0.2) is 32.0 Å². The molecule has 0 radical (unpaired) electrons. The summed E-state index contributed by atoms with van der Waals surface area (Å²) in [5, 5.41) is 20.0. The number of aliphatic hydroxyl groups is 1. The van der Waals surface area contributed by atoms with Gasteiger partial charge in [0.05, 0.1) is 21.2 Å². The molecule has 1 unspecified atom stereocenters. The number of hydrogen-bond donors (Lipinski definition) is 1. The molecular formula is C25H18ClFN4O3S3. The Morgan fingerprint density at radius 3 is 2.57 bits per heavy atom. The monoisotopic (exact) mass is 572 g/mol. The highest BCUT2D eigenvalue weighted by Crippen LogP contribution is 2.46. The van der Waals surface area contributed by atoms with Gasteiger partial charge in [-0.05, 0) is 31.5 Å². The molecule has 0 aliphatic carbocycles. The van der Waals surface area contributed by atoms with E-state index in [2.05, 4.69) is 15.2 Å². The number of aryl methyl sites for hydroxylation is 2. The molecule has 4 aromatic rings. The van der Waals surface area contributed by atoms with Gasteiger partial charge in [0, 0.05) is 16.3 Å². The van der Waals surface area contributed by atoms with Gasteiger partial charge in [0.2, 0.25) is 10.9 Å². The van der Waals surface area contributed by atoms with Crippen LogP contribution in [0, 0.1) is 19.7 Å². The van der Waals surface area contributed by atoms with Gasteiger partial charge in [0.1, 0.15) is 11.9 Å². The zero-order valence-corrected chi connectivity index (χ0v) is 22.6. The first-order valence-electron chi connectivity index (χ1n) is 11.0. The van der Waals surface area contributed by atoms with E-state index in [0.717, 1.165) is 33.1 Å². The average molecular weight is 573 g/mol. The highest BCUT2D eigenvalue weighted by atomic mass is 35.5. The Hall–Kier alpha value is -3.12. The van der Waals surface area contributed by atoms with E-state index in [9.17, 15) is 14.7 Å². The molecule has 0 spiro atoms. The van der Waals surface area contributed by atoms with Crippen molar-refractivity contribution in [2.24, 2.45) is 0 Å². The van der Waals surface area contributed by atoms with Crippen molar-refractivity contribution in [3.8, 4) is 0 Å². The molecule has 5 rings (SSSR count). The second-order valence-electron chi connectivity index (χ2n) is 8.08. The van der Waals surface area contributed by atoms with Crippen molar-refractivity contribution in [3.05, 3.63) is 97.4 Å². The number of carbonyl (C=O) groups excluding carboxylic acids is 2. The van der Waals surface area contributed by atoms with Crippen molar-refractivity contribution < 1.29 is 19.1 Å². The number of thioether (sulfide) groups is 1. The van der Waals surface area contributed by atoms with Crippen LogP contribution >= 0.6 is 46.0 Å². The molecular weight excluding hydrogens is 555 g/mol. The van der Waals surface area contributed by atoms with Crippen LogP contribution in [0.1, 0.15) is 37.5 Å². The molecule has 2 aromatic heterocycles. The van der Waals surface area contributed by atoms with Crippen LogP contribution in [0.5, 0.6) is 0 Å².